The molecule has 2 aromatic heterocycles. The minimum atomic E-state index is -3.63. The van der Waals surface area contributed by atoms with Gasteiger partial charge in [0, 0.05) is 42.0 Å². The van der Waals surface area contributed by atoms with Gasteiger partial charge in [-0.1, -0.05) is 43.6 Å². The Labute approximate surface area is 193 Å². The van der Waals surface area contributed by atoms with Gasteiger partial charge in [0.15, 0.2) is 5.82 Å². The fourth-order valence-corrected chi connectivity index (χ4v) is 6.22. The highest BCUT2D eigenvalue weighted by Crippen LogP contribution is 2.26. The SMILES string of the molecule is Cc1[nH]n(-c2ccc(S(=O)(=O)N3C[C@H](C)C[C@H](C)C3)cn2)c(=O)c1Cc1ccccc1Cl. The molecule has 1 fully saturated rings. The minimum Gasteiger partial charge on any atom is -0.294 e. The van der Waals surface area contributed by atoms with Crippen LogP contribution in [-0.4, -0.2) is 40.6 Å². The topological polar surface area (TPSA) is 88.1 Å². The molecule has 0 saturated carbocycles. The Morgan fingerprint density at radius 2 is 1.81 bits per heavy atom. The molecule has 3 aromatic rings. The summed E-state index contributed by atoms with van der Waals surface area (Å²) < 4.78 is 29.0. The van der Waals surface area contributed by atoms with E-state index < -0.39 is 10.0 Å². The lowest BCUT2D eigenvalue weighted by Gasteiger charge is -2.33. The van der Waals surface area contributed by atoms with Crippen LogP contribution in [0.25, 0.3) is 5.82 Å². The molecule has 3 heterocycles. The summed E-state index contributed by atoms with van der Waals surface area (Å²) in [6.45, 7) is 6.98. The summed E-state index contributed by atoms with van der Waals surface area (Å²) >= 11 is 6.25. The molecule has 1 N–H and O–H groups in total. The van der Waals surface area contributed by atoms with Crippen LogP contribution in [0.1, 0.15) is 37.1 Å². The summed E-state index contributed by atoms with van der Waals surface area (Å²) in [6.07, 6.45) is 2.74. The van der Waals surface area contributed by atoms with Crippen molar-refractivity contribution in [3.05, 3.63) is 74.8 Å². The second-order valence-corrected chi connectivity index (χ2v) is 11.1. The van der Waals surface area contributed by atoms with E-state index in [0.717, 1.165) is 12.0 Å². The zero-order valence-electron chi connectivity index (χ0n) is 18.4. The van der Waals surface area contributed by atoms with Crippen LogP contribution < -0.4 is 5.56 Å². The molecule has 32 heavy (non-hydrogen) atoms. The molecular weight excluding hydrogens is 448 g/mol. The lowest BCUT2D eigenvalue weighted by atomic mass is 9.94. The largest absolute Gasteiger partial charge is 0.294 e. The number of rotatable bonds is 5. The maximum absolute atomic E-state index is 13.1. The van der Waals surface area contributed by atoms with E-state index in [4.69, 9.17) is 11.6 Å². The predicted molar refractivity (Wildman–Crippen MR) is 125 cm³/mol. The summed E-state index contributed by atoms with van der Waals surface area (Å²) in [7, 11) is -3.63. The summed E-state index contributed by atoms with van der Waals surface area (Å²) in [5, 5.41) is 3.65. The molecule has 0 bridgehead atoms. The smallest absolute Gasteiger partial charge is 0.276 e. The number of nitrogens with zero attached hydrogens (tertiary/aromatic N) is 3. The van der Waals surface area contributed by atoms with Crippen molar-refractivity contribution in [2.75, 3.05) is 13.1 Å². The molecule has 1 aliphatic rings. The third-order valence-corrected chi connectivity index (χ3v) is 8.13. The third kappa shape index (κ3) is 4.40. The molecule has 0 unspecified atom stereocenters. The lowest BCUT2D eigenvalue weighted by Crippen LogP contribution is -2.42. The molecule has 0 aliphatic carbocycles. The first-order chi connectivity index (χ1) is 15.2. The van der Waals surface area contributed by atoms with Crippen LogP contribution in [0.2, 0.25) is 5.02 Å². The van der Waals surface area contributed by atoms with Gasteiger partial charge >= 0.3 is 0 Å². The van der Waals surface area contributed by atoms with Crippen LogP contribution in [0.3, 0.4) is 0 Å². The molecule has 1 saturated heterocycles. The van der Waals surface area contributed by atoms with E-state index in [0.29, 0.717) is 53.4 Å². The fourth-order valence-electron chi connectivity index (χ4n) is 4.39. The van der Waals surface area contributed by atoms with E-state index in [1.165, 1.54) is 21.3 Å². The van der Waals surface area contributed by atoms with Gasteiger partial charge in [0.25, 0.3) is 5.56 Å². The van der Waals surface area contributed by atoms with Crippen molar-refractivity contribution < 1.29 is 8.42 Å². The standard InChI is InChI=1S/C23H27ClN4O3S/c1-15-10-16(2)14-27(13-15)32(30,31)19-8-9-22(25-12-19)28-23(29)20(17(3)26-28)11-18-6-4-5-7-21(18)24/h4-9,12,15-16,26H,10-11,13-14H2,1-3H3/t15-,16+. The Bertz CT molecular complexity index is 1270. The highest BCUT2D eigenvalue weighted by atomic mass is 35.5. The van der Waals surface area contributed by atoms with Gasteiger partial charge < -0.3 is 0 Å². The van der Waals surface area contributed by atoms with Crippen molar-refractivity contribution in [2.24, 2.45) is 11.8 Å². The van der Waals surface area contributed by atoms with Gasteiger partial charge in [-0.15, -0.1) is 0 Å². The zero-order valence-corrected chi connectivity index (χ0v) is 19.9. The Kier molecular flexibility index (Phi) is 6.29. The Hall–Kier alpha value is -2.42. The number of pyridine rings is 1. The van der Waals surface area contributed by atoms with Crippen LogP contribution in [-0.2, 0) is 16.4 Å². The van der Waals surface area contributed by atoms with Gasteiger partial charge in [0.1, 0.15) is 4.90 Å². The second kappa shape index (κ2) is 8.84. The number of sulfonamides is 1. The number of piperidine rings is 1. The van der Waals surface area contributed by atoms with Crippen LogP contribution >= 0.6 is 11.6 Å². The average Bonchev–Trinajstić information content (AvgIpc) is 3.03. The number of hydrogen-bond donors (Lipinski definition) is 1. The summed E-state index contributed by atoms with van der Waals surface area (Å²) in [5.74, 6) is 0.971. The maximum atomic E-state index is 13.1. The van der Waals surface area contributed by atoms with Gasteiger partial charge in [-0.05, 0) is 48.9 Å². The van der Waals surface area contributed by atoms with E-state index in [9.17, 15) is 13.2 Å². The monoisotopic (exact) mass is 474 g/mol. The normalized spacial score (nSPS) is 19.9. The molecule has 170 valence electrons. The molecule has 1 aliphatic heterocycles. The number of aromatic amines is 1. The van der Waals surface area contributed by atoms with E-state index >= 15 is 0 Å². The van der Waals surface area contributed by atoms with Crippen molar-refractivity contribution in [3.63, 3.8) is 0 Å². The number of hydrogen-bond acceptors (Lipinski definition) is 4. The molecule has 4 rings (SSSR count). The van der Waals surface area contributed by atoms with Gasteiger partial charge in [-0.2, -0.15) is 4.31 Å². The highest BCUT2D eigenvalue weighted by Gasteiger charge is 2.32. The third-order valence-electron chi connectivity index (χ3n) is 5.94. The van der Waals surface area contributed by atoms with E-state index in [2.05, 4.69) is 23.9 Å². The van der Waals surface area contributed by atoms with Crippen LogP contribution in [0.15, 0.2) is 52.3 Å². The quantitative estimate of drug-likeness (QED) is 0.609. The molecule has 2 atom stereocenters. The van der Waals surface area contributed by atoms with E-state index in [1.807, 2.05) is 25.1 Å². The van der Waals surface area contributed by atoms with Crippen molar-refractivity contribution in [1.29, 1.82) is 0 Å². The molecule has 7 nitrogen and oxygen atoms in total. The maximum Gasteiger partial charge on any atom is 0.276 e. The predicted octanol–water partition coefficient (Wildman–Crippen LogP) is 3.78. The molecule has 9 heteroatoms. The number of benzene rings is 1. The number of aryl methyl sites for hydroxylation is 1. The second-order valence-electron chi connectivity index (χ2n) is 8.74. The van der Waals surface area contributed by atoms with Crippen molar-refractivity contribution in [2.45, 2.75) is 38.5 Å². The van der Waals surface area contributed by atoms with Crippen LogP contribution in [0.5, 0.6) is 0 Å². The van der Waals surface area contributed by atoms with Crippen molar-refractivity contribution in [3.8, 4) is 5.82 Å². The Balaban J connectivity index is 1.61. The van der Waals surface area contributed by atoms with Gasteiger partial charge in [-0.3, -0.25) is 9.89 Å². The first-order valence-corrected chi connectivity index (χ1v) is 12.5. The van der Waals surface area contributed by atoms with Crippen LogP contribution in [0, 0.1) is 18.8 Å². The number of H-pyrrole nitrogens is 1. The molecule has 0 radical (unpaired) electrons. The van der Waals surface area contributed by atoms with Crippen molar-refractivity contribution >= 4 is 21.6 Å². The highest BCUT2D eigenvalue weighted by molar-refractivity contribution is 7.89. The average molecular weight is 475 g/mol. The van der Waals surface area contributed by atoms with Gasteiger partial charge in [0.2, 0.25) is 10.0 Å². The van der Waals surface area contributed by atoms with Gasteiger partial charge in [-0.25, -0.2) is 18.1 Å². The summed E-state index contributed by atoms with van der Waals surface area (Å²) in [6, 6.07) is 10.5. The van der Waals surface area contributed by atoms with Gasteiger partial charge in [0.05, 0.1) is 0 Å². The summed E-state index contributed by atoms with van der Waals surface area (Å²) in [4.78, 5) is 17.5. The zero-order chi connectivity index (χ0) is 23.0. The Morgan fingerprint density at radius 3 is 2.44 bits per heavy atom. The van der Waals surface area contributed by atoms with E-state index in [-0.39, 0.29) is 10.5 Å². The van der Waals surface area contributed by atoms with Crippen LogP contribution in [0.4, 0.5) is 0 Å². The molecule has 0 amide bonds. The lowest BCUT2D eigenvalue weighted by molar-refractivity contribution is 0.222. The Morgan fingerprint density at radius 1 is 1.12 bits per heavy atom. The number of halogens is 1. The van der Waals surface area contributed by atoms with Crippen molar-refractivity contribution in [1.82, 2.24) is 19.1 Å². The molecular formula is C23H27ClN4O3S. The van der Waals surface area contributed by atoms with E-state index in [1.54, 1.807) is 12.1 Å². The first kappa shape index (κ1) is 22.8. The molecule has 1 aromatic carbocycles. The fraction of sp³-hybridized carbons (Fsp3) is 0.391. The first-order valence-electron chi connectivity index (χ1n) is 10.7. The minimum absolute atomic E-state index is 0.134. The summed E-state index contributed by atoms with van der Waals surface area (Å²) in [5.41, 5.74) is 1.93. The molecule has 0 spiro atoms. The number of aromatic nitrogens is 3. The number of nitrogens with one attached hydrogen (secondary N) is 1.